The van der Waals surface area contributed by atoms with Crippen LogP contribution in [0.25, 0.3) is 0 Å². The number of nitrogens with two attached hydrogens (primary N) is 2. The van der Waals surface area contributed by atoms with Gasteiger partial charge in [-0.05, 0) is 69.0 Å². The minimum atomic E-state index is -1.54. The Hall–Kier alpha value is -6.61. The number of aliphatic imine (C=N–C) groups is 1. The van der Waals surface area contributed by atoms with E-state index in [0.29, 0.717) is 43.4 Å². The number of carbonyl (C=O) groups is 8. The Morgan fingerprint density at radius 2 is 1.28 bits per heavy atom. The van der Waals surface area contributed by atoms with Crippen LogP contribution < -0.4 is 43.4 Å². The molecule has 0 radical (unpaired) electrons. The highest BCUT2D eigenvalue weighted by atomic mass is 16.4. The minimum Gasteiger partial charge on any atom is -0.480 e. The lowest BCUT2D eigenvalue weighted by Gasteiger charge is -2.30. The molecule has 0 spiro atoms. The number of nitrogens with one attached hydrogen (secondary N) is 6. The number of nitrogens with zero attached hydrogens (tertiary/aromatic N) is 3. The predicted octanol–water partition coefficient (Wildman–Crippen LogP) is -2.61. The number of amides is 7. The number of rotatable bonds is 22. The number of hydrogen-bond donors (Lipinski definition) is 10. The summed E-state index contributed by atoms with van der Waals surface area (Å²) < 4.78 is 0. The molecule has 7 amide bonds. The highest BCUT2D eigenvalue weighted by Gasteiger charge is 2.41. The quantitative estimate of drug-likeness (QED) is 0.0330. The monoisotopic (exact) mass is 903 g/mol. The lowest BCUT2D eigenvalue weighted by molar-refractivity contribution is -0.144. The minimum absolute atomic E-state index is 0.00348. The van der Waals surface area contributed by atoms with Crippen molar-refractivity contribution in [3.8, 4) is 0 Å². The summed E-state index contributed by atoms with van der Waals surface area (Å²) in [6.07, 6.45) is 3.42. The molecule has 3 heterocycles. The van der Waals surface area contributed by atoms with Gasteiger partial charge in [0.2, 0.25) is 41.4 Å². The normalized spacial score (nSPS) is 19.8. The van der Waals surface area contributed by atoms with Gasteiger partial charge in [0.25, 0.3) is 0 Å². The molecule has 352 valence electrons. The molecule has 21 heteroatoms. The van der Waals surface area contributed by atoms with Crippen molar-refractivity contribution >= 4 is 53.3 Å². The molecule has 0 aliphatic carbocycles. The number of carboxylic acid groups (broad SMARTS) is 1. The molecule has 0 saturated carbocycles. The summed E-state index contributed by atoms with van der Waals surface area (Å²) >= 11 is 0. The molecule has 0 unspecified atom stereocenters. The molecule has 0 bridgehead atoms. The van der Waals surface area contributed by atoms with E-state index in [2.05, 4.69) is 36.9 Å². The highest BCUT2D eigenvalue weighted by Crippen LogP contribution is 2.22. The number of carbonyl (C=O) groups excluding carboxylic acids is 7. The number of aliphatic hydroxyl groups excluding tert-OH is 1. The van der Waals surface area contributed by atoms with Gasteiger partial charge in [-0.2, -0.15) is 0 Å². The smallest absolute Gasteiger partial charge is 0.326 e. The molecule has 2 aromatic carbocycles. The molecule has 3 aliphatic heterocycles. The summed E-state index contributed by atoms with van der Waals surface area (Å²) in [7, 11) is 0. The van der Waals surface area contributed by atoms with Crippen LogP contribution in [-0.4, -0.2) is 155 Å². The lowest BCUT2D eigenvalue weighted by Crippen LogP contribution is -2.60. The van der Waals surface area contributed by atoms with Crippen molar-refractivity contribution in [2.45, 2.75) is 107 Å². The molecular weight excluding hydrogens is 843 g/mol. The first-order valence-corrected chi connectivity index (χ1v) is 22.0. The van der Waals surface area contributed by atoms with E-state index in [0.717, 1.165) is 13.0 Å². The van der Waals surface area contributed by atoms with Crippen LogP contribution in [0.15, 0.2) is 65.7 Å². The molecule has 3 saturated heterocycles. The molecule has 7 atom stereocenters. The Morgan fingerprint density at radius 3 is 1.83 bits per heavy atom. The number of guanidine groups is 1. The van der Waals surface area contributed by atoms with Gasteiger partial charge in [0.05, 0.1) is 19.2 Å². The third-order valence-corrected chi connectivity index (χ3v) is 11.7. The van der Waals surface area contributed by atoms with E-state index in [1.54, 1.807) is 65.6 Å². The van der Waals surface area contributed by atoms with Crippen LogP contribution in [0.4, 0.5) is 0 Å². The zero-order valence-corrected chi connectivity index (χ0v) is 36.3. The maximum absolute atomic E-state index is 14.0. The first-order valence-electron chi connectivity index (χ1n) is 22.0. The fraction of sp³-hybridized carbons (Fsp3) is 0.523. The number of hydrogen-bond acceptors (Lipinski definition) is 11. The zero-order valence-electron chi connectivity index (χ0n) is 36.3. The van der Waals surface area contributed by atoms with Crippen LogP contribution in [0.2, 0.25) is 0 Å². The van der Waals surface area contributed by atoms with Crippen molar-refractivity contribution in [3.05, 3.63) is 71.8 Å². The standard InChI is InChI=1S/C44H61N11O10/c45-44(46)48-20-8-16-30(43(64)65)51-38(59)32(24-28-13-5-2-6-14-28)52-40(61)35-18-10-22-55(35)42(63)33(26-56)53-37(58)31(23-27-11-3-1-4-12-27)50-36(57)25-49-39(60)34-17-9-21-54(34)41(62)29-15-7-19-47-29/h1-6,11-14,29-35,47,56H,7-10,15-26H2,(H,49,60)(H,50,57)(H,51,59)(H,52,61)(H,53,58)(H,64,65)(H4,45,46,48)/t29-,30-,31+,32-,33-,34-,35+/m0/s1. The number of likely N-dealkylation sites (tertiary alicyclic amines) is 2. The molecule has 21 nitrogen and oxygen atoms in total. The van der Waals surface area contributed by atoms with E-state index >= 15 is 0 Å². The first-order chi connectivity index (χ1) is 31.2. The lowest BCUT2D eigenvalue weighted by atomic mass is 10.0. The summed E-state index contributed by atoms with van der Waals surface area (Å²) in [4.78, 5) is 114. The largest absolute Gasteiger partial charge is 0.480 e. The summed E-state index contributed by atoms with van der Waals surface area (Å²) in [5, 5.41) is 36.4. The van der Waals surface area contributed by atoms with E-state index in [-0.39, 0.29) is 63.1 Å². The Balaban J connectivity index is 1.23. The second-order valence-corrected chi connectivity index (χ2v) is 16.4. The number of aliphatic hydroxyl groups is 1. The molecule has 3 aliphatic rings. The van der Waals surface area contributed by atoms with Crippen LogP contribution in [0.5, 0.6) is 0 Å². The van der Waals surface area contributed by atoms with Crippen LogP contribution in [0, 0.1) is 0 Å². The number of aliphatic carboxylic acids is 1. The van der Waals surface area contributed by atoms with Gasteiger partial charge in [-0.25, -0.2) is 4.79 Å². The van der Waals surface area contributed by atoms with Gasteiger partial charge in [0.15, 0.2) is 5.96 Å². The SMILES string of the molecule is NC(N)=NCCC[C@H](NC(=O)[C@H](Cc1ccccc1)NC(=O)[C@H]1CCCN1C(=O)[C@H](CO)NC(=O)[C@@H](Cc1ccccc1)NC(=O)CNC(=O)[C@@H]1CCCN1C(=O)[C@@H]1CCCN1)C(=O)O. The predicted molar refractivity (Wildman–Crippen MR) is 236 cm³/mol. The van der Waals surface area contributed by atoms with Crippen molar-refractivity contribution in [1.82, 2.24) is 41.7 Å². The summed E-state index contributed by atoms with van der Waals surface area (Å²) in [6.45, 7) is 0.0243. The molecule has 5 rings (SSSR count). The Labute approximate surface area is 376 Å². The topological polar surface area (TPSA) is 320 Å². The summed E-state index contributed by atoms with van der Waals surface area (Å²) in [5.74, 6) is -5.87. The van der Waals surface area contributed by atoms with Crippen molar-refractivity contribution in [3.63, 3.8) is 0 Å². The van der Waals surface area contributed by atoms with Crippen molar-refractivity contribution in [1.29, 1.82) is 0 Å². The number of carboxylic acids is 1. The third-order valence-electron chi connectivity index (χ3n) is 11.7. The van der Waals surface area contributed by atoms with Gasteiger partial charge in [-0.1, -0.05) is 60.7 Å². The van der Waals surface area contributed by atoms with Crippen LogP contribution in [0.3, 0.4) is 0 Å². The van der Waals surface area contributed by atoms with Gasteiger partial charge in [0, 0.05) is 32.5 Å². The fourth-order valence-electron chi connectivity index (χ4n) is 8.31. The Kier molecular flexibility index (Phi) is 18.6. The van der Waals surface area contributed by atoms with Gasteiger partial charge in [-0.3, -0.25) is 38.6 Å². The van der Waals surface area contributed by atoms with E-state index in [1.807, 2.05) is 0 Å². The maximum atomic E-state index is 14.0. The van der Waals surface area contributed by atoms with E-state index in [4.69, 9.17) is 11.5 Å². The van der Waals surface area contributed by atoms with Crippen molar-refractivity contribution in [2.75, 3.05) is 39.3 Å². The average Bonchev–Trinajstić information content (AvgIpc) is 4.12. The first kappa shape index (κ1) is 49.4. The fourth-order valence-corrected chi connectivity index (χ4v) is 8.31. The van der Waals surface area contributed by atoms with Gasteiger partial charge < -0.3 is 63.4 Å². The molecule has 0 aromatic heterocycles. The van der Waals surface area contributed by atoms with Crippen LogP contribution in [0.1, 0.15) is 62.5 Å². The van der Waals surface area contributed by atoms with Crippen LogP contribution in [-0.2, 0) is 51.2 Å². The van der Waals surface area contributed by atoms with Crippen molar-refractivity contribution in [2.24, 2.45) is 16.5 Å². The molecule has 2 aromatic rings. The van der Waals surface area contributed by atoms with Crippen LogP contribution >= 0.6 is 0 Å². The maximum Gasteiger partial charge on any atom is 0.326 e. The molecule has 3 fully saturated rings. The highest BCUT2D eigenvalue weighted by molar-refractivity contribution is 5.97. The van der Waals surface area contributed by atoms with E-state index in [1.165, 1.54) is 4.90 Å². The van der Waals surface area contributed by atoms with E-state index < -0.39 is 90.8 Å². The van der Waals surface area contributed by atoms with Crippen molar-refractivity contribution < 1.29 is 48.6 Å². The van der Waals surface area contributed by atoms with E-state index in [9.17, 15) is 48.6 Å². The van der Waals surface area contributed by atoms with Gasteiger partial charge in [-0.15, -0.1) is 0 Å². The third kappa shape index (κ3) is 14.4. The molecular formula is C44H61N11O10. The second kappa shape index (κ2) is 24.5. The second-order valence-electron chi connectivity index (χ2n) is 16.4. The summed E-state index contributed by atoms with van der Waals surface area (Å²) in [6, 6.07) is 9.92. The molecule has 12 N–H and O–H groups in total. The molecule has 65 heavy (non-hydrogen) atoms. The van der Waals surface area contributed by atoms with Gasteiger partial charge >= 0.3 is 5.97 Å². The number of benzene rings is 2. The average molecular weight is 904 g/mol. The van der Waals surface area contributed by atoms with Gasteiger partial charge in [0.1, 0.15) is 36.3 Å². The Morgan fingerprint density at radius 1 is 0.708 bits per heavy atom. The zero-order chi connectivity index (χ0) is 46.9. The summed E-state index contributed by atoms with van der Waals surface area (Å²) in [5.41, 5.74) is 12.0. The Bertz CT molecular complexity index is 2010.